The lowest BCUT2D eigenvalue weighted by Crippen LogP contribution is -2.60. The lowest BCUT2D eigenvalue weighted by molar-refractivity contribution is -0.161. The first kappa shape index (κ1) is 28.4. The Morgan fingerprint density at radius 3 is 2.36 bits per heavy atom. The zero-order valence-corrected chi connectivity index (χ0v) is 24.6. The second-order valence-corrected chi connectivity index (χ2v) is 13.1. The van der Waals surface area contributed by atoms with Crippen LogP contribution in [0, 0.1) is 29.6 Å². The highest BCUT2D eigenvalue weighted by Gasteiger charge is 2.61. The summed E-state index contributed by atoms with van der Waals surface area (Å²) in [7, 11) is 0. The highest BCUT2D eigenvalue weighted by atomic mass is 16.3. The van der Waals surface area contributed by atoms with Gasteiger partial charge < -0.3 is 15.3 Å². The normalized spacial score (nSPS) is 27.2. The Hall–Kier alpha value is -3.77. The summed E-state index contributed by atoms with van der Waals surface area (Å²) >= 11 is 0. The first-order chi connectivity index (χ1) is 19.9. The molecule has 3 aromatic carbocycles. The largest absolute Gasteiger partial charge is 0.508 e. The molecule has 0 aliphatic heterocycles. The standard InChI is InChI=1S/C36H38O6/c1-18(2)9-10-21-11-12-26(25-8-6-5-7-24(21)25)27-13-14-29(38)32-28(27)17-22-16-23-15-19(3)30(20(4)37)34(40)36(23,42)35(41)31(22)33(32)39/h5-8,11-14,18-19,22-23,30,38,41-42H,9-10,15-17H2,1-4H3/t19?,22-,23-,30?,36-/m1/s1. The average Bonchev–Trinajstić information content (AvgIpc) is 2.93. The number of Topliss-reactive ketones (excluding diaryl/α,β-unsaturated/α-hetero) is 3. The number of aliphatic hydroxyl groups is 2. The number of hydrogen-bond donors (Lipinski definition) is 3. The van der Waals surface area contributed by atoms with Gasteiger partial charge in [0.25, 0.3) is 0 Å². The molecule has 42 heavy (non-hydrogen) atoms. The van der Waals surface area contributed by atoms with Crippen LogP contribution in [0.1, 0.15) is 68.4 Å². The van der Waals surface area contributed by atoms with Crippen molar-refractivity contribution in [3.63, 3.8) is 0 Å². The van der Waals surface area contributed by atoms with E-state index in [0.29, 0.717) is 30.7 Å². The van der Waals surface area contributed by atoms with Crippen LogP contribution in [0.5, 0.6) is 5.75 Å². The number of phenolic OH excluding ortho intramolecular Hbond substituents is 1. The maximum atomic E-state index is 14.1. The molecule has 2 unspecified atom stereocenters. The predicted octanol–water partition coefficient (Wildman–Crippen LogP) is 6.53. The molecule has 6 rings (SSSR count). The number of benzene rings is 3. The molecule has 3 N–H and O–H groups in total. The van der Waals surface area contributed by atoms with Crippen LogP contribution >= 0.6 is 0 Å². The van der Waals surface area contributed by atoms with E-state index in [4.69, 9.17) is 0 Å². The quantitative estimate of drug-likeness (QED) is 0.303. The molecule has 0 saturated heterocycles. The van der Waals surface area contributed by atoms with Gasteiger partial charge in [-0.15, -0.1) is 0 Å². The van der Waals surface area contributed by atoms with Crippen LogP contribution < -0.4 is 0 Å². The first-order valence-electron chi connectivity index (χ1n) is 15.1. The average molecular weight is 567 g/mol. The van der Waals surface area contributed by atoms with Gasteiger partial charge in [0.15, 0.2) is 17.2 Å². The van der Waals surface area contributed by atoms with E-state index >= 15 is 0 Å². The Balaban J connectivity index is 1.49. The molecule has 0 amide bonds. The highest BCUT2D eigenvalue weighted by Crippen LogP contribution is 2.54. The molecular formula is C36H38O6. The number of allylic oxidation sites excluding steroid dienone is 1. The number of rotatable bonds is 5. The number of aromatic hydroxyl groups is 1. The third-order valence-electron chi connectivity index (χ3n) is 10.0. The maximum Gasteiger partial charge on any atom is 0.196 e. The SMILES string of the molecule is CC(=O)C1C(=O)[C@@]2(O)C(O)=C3C(=O)c4c(O)ccc(-c5ccc(CCC(C)C)c6ccccc56)c4C[C@H]3C[C@H]2CC1C. The van der Waals surface area contributed by atoms with Crippen LogP contribution in [-0.4, -0.2) is 38.3 Å². The van der Waals surface area contributed by atoms with E-state index in [9.17, 15) is 29.7 Å². The van der Waals surface area contributed by atoms with E-state index in [1.807, 2.05) is 25.1 Å². The molecule has 6 nitrogen and oxygen atoms in total. The third-order valence-corrected chi connectivity index (χ3v) is 10.0. The van der Waals surface area contributed by atoms with Crippen molar-refractivity contribution in [2.45, 2.75) is 65.4 Å². The van der Waals surface area contributed by atoms with Crippen LogP contribution in [0.4, 0.5) is 0 Å². The molecule has 3 aliphatic rings. The molecule has 0 bridgehead atoms. The Bertz CT molecular complexity index is 1680. The predicted molar refractivity (Wildman–Crippen MR) is 161 cm³/mol. The van der Waals surface area contributed by atoms with Crippen molar-refractivity contribution < 1.29 is 29.7 Å². The molecule has 0 aromatic heterocycles. The van der Waals surface area contributed by atoms with Gasteiger partial charge in [0.1, 0.15) is 17.3 Å². The summed E-state index contributed by atoms with van der Waals surface area (Å²) in [5, 5.41) is 36.3. The fraction of sp³-hybridized carbons (Fsp3) is 0.417. The molecule has 0 heterocycles. The van der Waals surface area contributed by atoms with Crippen molar-refractivity contribution in [3.05, 3.63) is 76.6 Å². The molecular weight excluding hydrogens is 528 g/mol. The molecule has 1 saturated carbocycles. The van der Waals surface area contributed by atoms with E-state index in [1.165, 1.54) is 18.6 Å². The third kappa shape index (κ3) is 4.14. The minimum absolute atomic E-state index is 0.0206. The summed E-state index contributed by atoms with van der Waals surface area (Å²) in [6, 6.07) is 15.9. The number of hydrogen-bond acceptors (Lipinski definition) is 6. The summed E-state index contributed by atoms with van der Waals surface area (Å²) in [6.45, 7) is 7.58. The number of aryl methyl sites for hydroxylation is 1. The molecule has 5 atom stereocenters. The van der Waals surface area contributed by atoms with E-state index in [2.05, 4.69) is 38.1 Å². The Kier molecular flexibility index (Phi) is 6.88. The molecule has 0 spiro atoms. The topological polar surface area (TPSA) is 112 Å². The lowest BCUT2D eigenvalue weighted by Gasteiger charge is -2.49. The van der Waals surface area contributed by atoms with Gasteiger partial charge in [-0.1, -0.05) is 63.2 Å². The molecule has 3 aromatic rings. The monoisotopic (exact) mass is 566 g/mol. The van der Waals surface area contributed by atoms with Crippen LogP contribution in [0.15, 0.2) is 59.9 Å². The van der Waals surface area contributed by atoms with Gasteiger partial charge in [-0.25, -0.2) is 0 Å². The van der Waals surface area contributed by atoms with E-state index in [0.717, 1.165) is 34.7 Å². The smallest absolute Gasteiger partial charge is 0.196 e. The number of aliphatic hydroxyl groups excluding tert-OH is 1. The number of ketones is 3. The van der Waals surface area contributed by atoms with E-state index in [-0.39, 0.29) is 28.6 Å². The number of phenols is 1. The van der Waals surface area contributed by atoms with Crippen molar-refractivity contribution in [3.8, 4) is 16.9 Å². The molecule has 218 valence electrons. The fourth-order valence-electron chi connectivity index (χ4n) is 7.95. The van der Waals surface area contributed by atoms with Gasteiger partial charge in [0, 0.05) is 11.5 Å². The molecule has 6 heteroatoms. The van der Waals surface area contributed by atoms with Gasteiger partial charge in [-0.2, -0.15) is 0 Å². The Morgan fingerprint density at radius 2 is 1.67 bits per heavy atom. The van der Waals surface area contributed by atoms with Gasteiger partial charge >= 0.3 is 0 Å². The first-order valence-corrected chi connectivity index (χ1v) is 15.1. The van der Waals surface area contributed by atoms with Crippen molar-refractivity contribution in [1.82, 2.24) is 0 Å². The zero-order valence-electron chi connectivity index (χ0n) is 24.6. The van der Waals surface area contributed by atoms with Gasteiger partial charge in [0.05, 0.1) is 11.5 Å². The van der Waals surface area contributed by atoms with Crippen molar-refractivity contribution in [2.24, 2.45) is 29.6 Å². The number of carbonyl (C=O) groups excluding carboxylic acids is 3. The maximum absolute atomic E-state index is 14.1. The minimum Gasteiger partial charge on any atom is -0.508 e. The van der Waals surface area contributed by atoms with Crippen LogP contribution in [0.2, 0.25) is 0 Å². The van der Waals surface area contributed by atoms with Gasteiger partial charge in [0.2, 0.25) is 0 Å². The summed E-state index contributed by atoms with van der Waals surface area (Å²) in [4.78, 5) is 39.9. The summed E-state index contributed by atoms with van der Waals surface area (Å²) in [6.07, 6.45) is 3.13. The van der Waals surface area contributed by atoms with Crippen LogP contribution in [0.25, 0.3) is 21.9 Å². The van der Waals surface area contributed by atoms with Crippen molar-refractivity contribution in [2.75, 3.05) is 0 Å². The second-order valence-electron chi connectivity index (χ2n) is 13.1. The molecule has 1 fully saturated rings. The Labute approximate surface area is 246 Å². The number of carbonyl (C=O) groups is 3. The number of fused-ring (bicyclic) bond motifs is 4. The summed E-state index contributed by atoms with van der Waals surface area (Å²) < 4.78 is 0. The van der Waals surface area contributed by atoms with E-state index in [1.54, 1.807) is 0 Å². The fourth-order valence-corrected chi connectivity index (χ4v) is 7.95. The Morgan fingerprint density at radius 1 is 0.976 bits per heavy atom. The molecule has 3 aliphatic carbocycles. The summed E-state index contributed by atoms with van der Waals surface area (Å²) in [5.74, 6) is -4.28. The molecule has 0 radical (unpaired) electrons. The van der Waals surface area contributed by atoms with Gasteiger partial charge in [-0.3, -0.25) is 14.4 Å². The van der Waals surface area contributed by atoms with Crippen molar-refractivity contribution >= 4 is 28.1 Å². The van der Waals surface area contributed by atoms with Crippen LogP contribution in [-0.2, 0) is 22.4 Å². The lowest BCUT2D eigenvalue weighted by atomic mass is 9.56. The van der Waals surface area contributed by atoms with Gasteiger partial charge in [-0.05, 0) is 95.9 Å². The second kappa shape index (κ2) is 10.2. The van der Waals surface area contributed by atoms with Crippen LogP contribution in [0.3, 0.4) is 0 Å². The van der Waals surface area contributed by atoms with E-state index < -0.39 is 40.7 Å². The zero-order chi connectivity index (χ0) is 30.1. The highest BCUT2D eigenvalue weighted by molar-refractivity contribution is 6.16. The minimum atomic E-state index is -2.28. The van der Waals surface area contributed by atoms with Crippen molar-refractivity contribution in [1.29, 1.82) is 0 Å². The summed E-state index contributed by atoms with van der Waals surface area (Å²) in [5.41, 5.74) is 1.60.